The van der Waals surface area contributed by atoms with Crippen LogP contribution in [0.1, 0.15) is 37.9 Å². The lowest BCUT2D eigenvalue weighted by Crippen LogP contribution is -2.22. The first-order chi connectivity index (χ1) is 7.92. The molecule has 0 amide bonds. The maximum Gasteiger partial charge on any atom is 0.0960 e. The molecule has 0 aliphatic heterocycles. The zero-order valence-corrected chi connectivity index (χ0v) is 11.2. The Labute approximate surface area is 103 Å². The molecule has 1 aliphatic rings. The van der Waals surface area contributed by atoms with Crippen LogP contribution in [0, 0.1) is 6.92 Å². The predicted octanol–water partition coefficient (Wildman–Crippen LogP) is 2.69. The first kappa shape index (κ1) is 12.5. The third kappa shape index (κ3) is 2.85. The van der Waals surface area contributed by atoms with Gasteiger partial charge in [-0.1, -0.05) is 6.07 Å². The highest BCUT2D eigenvalue weighted by molar-refractivity contribution is 5.27. The summed E-state index contributed by atoms with van der Waals surface area (Å²) in [6, 6.07) is 4.15. The van der Waals surface area contributed by atoms with Gasteiger partial charge in [-0.2, -0.15) is 0 Å². The summed E-state index contributed by atoms with van der Waals surface area (Å²) >= 11 is 0. The number of nitrogens with zero attached hydrogens (tertiary/aromatic N) is 1. The maximum atomic E-state index is 5.98. The maximum absolute atomic E-state index is 5.98. The fraction of sp³-hybridized carbons (Fsp3) is 0.643. The molecule has 1 aliphatic carbocycles. The largest absolute Gasteiger partial charge is 0.378 e. The van der Waals surface area contributed by atoms with Gasteiger partial charge in [-0.15, -0.1) is 0 Å². The molecule has 1 aromatic heterocycles. The van der Waals surface area contributed by atoms with E-state index in [-0.39, 0.29) is 23.7 Å². The molecule has 2 rings (SSSR count). The second-order valence-corrected chi connectivity index (χ2v) is 5.68. The molecule has 17 heavy (non-hydrogen) atoms. The summed E-state index contributed by atoms with van der Waals surface area (Å²) < 4.78 is 11.4. The van der Waals surface area contributed by atoms with Crippen molar-refractivity contribution in [3.05, 3.63) is 29.6 Å². The van der Waals surface area contributed by atoms with Gasteiger partial charge in [-0.3, -0.25) is 4.98 Å². The monoisotopic (exact) mass is 235 g/mol. The van der Waals surface area contributed by atoms with E-state index in [1.807, 2.05) is 13.1 Å². The number of ether oxygens (including phenoxy) is 2. The lowest BCUT2D eigenvalue weighted by Gasteiger charge is -2.19. The van der Waals surface area contributed by atoms with Crippen LogP contribution in [0.5, 0.6) is 0 Å². The first-order valence-electron chi connectivity index (χ1n) is 6.05. The summed E-state index contributed by atoms with van der Waals surface area (Å²) in [5.74, 6) is 0.278. The van der Waals surface area contributed by atoms with E-state index in [1.54, 1.807) is 7.11 Å². The minimum atomic E-state index is -0.138. The minimum absolute atomic E-state index is 0.134. The molecular weight excluding hydrogens is 214 g/mol. The fourth-order valence-electron chi connectivity index (χ4n) is 2.10. The van der Waals surface area contributed by atoms with E-state index in [2.05, 4.69) is 37.9 Å². The van der Waals surface area contributed by atoms with Gasteiger partial charge in [0.1, 0.15) is 0 Å². The van der Waals surface area contributed by atoms with Crippen molar-refractivity contribution in [1.82, 2.24) is 4.98 Å². The lowest BCUT2D eigenvalue weighted by molar-refractivity contribution is -0.0374. The molecule has 94 valence electrons. The van der Waals surface area contributed by atoms with Crippen molar-refractivity contribution < 1.29 is 9.47 Å². The molecule has 0 spiro atoms. The Balaban J connectivity index is 2.09. The average molecular weight is 235 g/mol. The summed E-state index contributed by atoms with van der Waals surface area (Å²) in [6.45, 7) is 8.24. The van der Waals surface area contributed by atoms with Crippen LogP contribution in [0.3, 0.4) is 0 Å². The highest BCUT2D eigenvalue weighted by atomic mass is 16.6. The zero-order valence-electron chi connectivity index (χ0n) is 11.2. The molecule has 3 heteroatoms. The van der Waals surface area contributed by atoms with Crippen LogP contribution in [-0.4, -0.2) is 29.9 Å². The molecule has 3 atom stereocenters. The smallest absolute Gasteiger partial charge is 0.0960 e. The van der Waals surface area contributed by atoms with Crippen LogP contribution in [0.4, 0.5) is 0 Å². The number of aromatic nitrogens is 1. The molecule has 1 fully saturated rings. The molecular formula is C14H21NO2. The van der Waals surface area contributed by atoms with Gasteiger partial charge in [0.2, 0.25) is 0 Å². The first-order valence-corrected chi connectivity index (χ1v) is 6.05. The Bertz CT molecular complexity index is 380. The number of hydrogen-bond donors (Lipinski definition) is 0. The highest BCUT2D eigenvalue weighted by Gasteiger charge is 2.55. The molecule has 0 saturated heterocycles. The Hall–Kier alpha value is -0.930. The summed E-state index contributed by atoms with van der Waals surface area (Å²) in [6.07, 6.45) is 2.17. The van der Waals surface area contributed by atoms with E-state index in [0.717, 1.165) is 5.69 Å². The van der Waals surface area contributed by atoms with Gasteiger partial charge in [-0.05, 0) is 39.3 Å². The van der Waals surface area contributed by atoms with Gasteiger partial charge in [0.15, 0.2) is 0 Å². The number of aryl methyl sites for hydroxylation is 1. The number of methoxy groups -OCH3 is 1. The van der Waals surface area contributed by atoms with Crippen LogP contribution >= 0.6 is 0 Å². The predicted molar refractivity (Wildman–Crippen MR) is 67.1 cm³/mol. The molecule has 0 radical (unpaired) electrons. The van der Waals surface area contributed by atoms with Crippen LogP contribution in [-0.2, 0) is 9.47 Å². The minimum Gasteiger partial charge on any atom is -0.378 e. The normalized spacial score (nSPS) is 28.2. The van der Waals surface area contributed by atoms with Gasteiger partial charge >= 0.3 is 0 Å². The quantitative estimate of drug-likeness (QED) is 0.807. The Morgan fingerprint density at radius 2 is 1.88 bits per heavy atom. The van der Waals surface area contributed by atoms with Gasteiger partial charge in [0, 0.05) is 19.0 Å². The number of rotatable bonds is 3. The molecule has 3 nitrogen and oxygen atoms in total. The van der Waals surface area contributed by atoms with Crippen molar-refractivity contribution >= 4 is 0 Å². The van der Waals surface area contributed by atoms with Crippen molar-refractivity contribution in [2.45, 2.75) is 51.4 Å². The van der Waals surface area contributed by atoms with Crippen LogP contribution in [0.25, 0.3) is 0 Å². The Morgan fingerprint density at radius 3 is 2.35 bits per heavy atom. The van der Waals surface area contributed by atoms with Gasteiger partial charge < -0.3 is 9.47 Å². The lowest BCUT2D eigenvalue weighted by atomic mass is 10.2. The summed E-state index contributed by atoms with van der Waals surface area (Å²) in [5.41, 5.74) is 2.11. The summed E-state index contributed by atoms with van der Waals surface area (Å²) in [4.78, 5) is 4.46. The molecule has 0 N–H and O–H groups in total. The van der Waals surface area contributed by atoms with Crippen molar-refractivity contribution in [3.8, 4) is 0 Å². The van der Waals surface area contributed by atoms with Gasteiger partial charge in [0.25, 0.3) is 0 Å². The second kappa shape index (κ2) is 4.39. The second-order valence-electron chi connectivity index (χ2n) is 5.68. The topological polar surface area (TPSA) is 31.4 Å². The van der Waals surface area contributed by atoms with E-state index < -0.39 is 0 Å². The van der Waals surface area contributed by atoms with E-state index in [0.29, 0.717) is 0 Å². The molecule has 1 saturated carbocycles. The van der Waals surface area contributed by atoms with Crippen molar-refractivity contribution in [2.24, 2.45) is 0 Å². The number of pyridine rings is 1. The van der Waals surface area contributed by atoms with E-state index in [9.17, 15) is 0 Å². The van der Waals surface area contributed by atoms with Crippen molar-refractivity contribution in [1.29, 1.82) is 0 Å². The van der Waals surface area contributed by atoms with Crippen molar-refractivity contribution in [2.75, 3.05) is 7.11 Å². The molecule has 3 unspecified atom stereocenters. The van der Waals surface area contributed by atoms with E-state index >= 15 is 0 Å². The summed E-state index contributed by atoms with van der Waals surface area (Å²) in [7, 11) is 1.73. The standard InChI is InChI=1S/C14H21NO2/c1-9-6-7-10(15-8-9)11-12(16-5)13(11)17-14(2,3)4/h6-8,11-13H,1-5H3. The fourth-order valence-corrected chi connectivity index (χ4v) is 2.10. The van der Waals surface area contributed by atoms with Gasteiger partial charge in [0.05, 0.1) is 23.7 Å². The summed E-state index contributed by atoms with van der Waals surface area (Å²) in [5, 5.41) is 0. The number of hydrogen-bond acceptors (Lipinski definition) is 3. The van der Waals surface area contributed by atoms with Gasteiger partial charge in [-0.25, -0.2) is 0 Å². The molecule has 1 aromatic rings. The molecule has 0 aromatic carbocycles. The van der Waals surface area contributed by atoms with Crippen LogP contribution in [0.2, 0.25) is 0 Å². The van der Waals surface area contributed by atoms with E-state index in [4.69, 9.17) is 9.47 Å². The highest BCUT2D eigenvalue weighted by Crippen LogP contribution is 2.46. The molecule has 0 bridgehead atoms. The Morgan fingerprint density at radius 1 is 1.18 bits per heavy atom. The zero-order chi connectivity index (χ0) is 12.6. The van der Waals surface area contributed by atoms with Crippen LogP contribution < -0.4 is 0 Å². The Kier molecular flexibility index (Phi) is 3.23. The average Bonchev–Trinajstić information content (AvgIpc) is 2.89. The SMILES string of the molecule is COC1C(OC(C)(C)C)C1c1ccc(C)cn1. The third-order valence-electron chi connectivity index (χ3n) is 2.93. The van der Waals surface area contributed by atoms with Crippen molar-refractivity contribution in [3.63, 3.8) is 0 Å². The van der Waals surface area contributed by atoms with E-state index in [1.165, 1.54) is 5.56 Å². The third-order valence-corrected chi connectivity index (χ3v) is 2.93. The van der Waals surface area contributed by atoms with Crippen LogP contribution in [0.15, 0.2) is 18.3 Å². The molecule has 1 heterocycles.